The number of halogens is 2. The molecule has 0 fully saturated rings. The van der Waals surface area contributed by atoms with Crippen molar-refractivity contribution in [3.8, 4) is 0 Å². The molecule has 0 aromatic heterocycles. The van der Waals surface area contributed by atoms with Crippen LogP contribution in [-0.4, -0.2) is 0 Å². The summed E-state index contributed by atoms with van der Waals surface area (Å²) in [7, 11) is 0. The molecule has 0 heterocycles. The maximum Gasteiger partial charge on any atom is -1.00 e. The van der Waals surface area contributed by atoms with Crippen molar-refractivity contribution in [1.82, 2.24) is 0 Å². The summed E-state index contributed by atoms with van der Waals surface area (Å²) in [5.74, 6) is 0. The molecule has 116 valence electrons. The number of hydrogen-bond acceptors (Lipinski definition) is 0. The minimum atomic E-state index is -0.743. The van der Waals surface area contributed by atoms with Crippen LogP contribution in [-0.2, 0) is 22.9 Å². The molecule has 0 spiro atoms. The Hall–Kier alpha value is 0.410. The molecule has 0 radical (unpaired) electrons. The SMILES string of the molecule is CCC1=CC[C]([Hf+2][C]2=C(CC)C(CC)=CC2)=C1CC.[Cl-].[Cl-]. The summed E-state index contributed by atoms with van der Waals surface area (Å²) >= 11 is -0.743. The van der Waals surface area contributed by atoms with Gasteiger partial charge in [-0.05, 0) is 0 Å². The van der Waals surface area contributed by atoms with E-state index in [1.165, 1.54) is 38.5 Å². The first-order valence-corrected chi connectivity index (χ1v) is 11.4. The van der Waals surface area contributed by atoms with E-state index in [9.17, 15) is 0 Å². The Morgan fingerprint density at radius 1 is 0.714 bits per heavy atom. The van der Waals surface area contributed by atoms with Gasteiger partial charge in [0.15, 0.2) is 0 Å². The van der Waals surface area contributed by atoms with Gasteiger partial charge >= 0.3 is 130 Å². The van der Waals surface area contributed by atoms with Crippen LogP contribution in [0.25, 0.3) is 0 Å². The first kappa shape index (κ1) is 21.4. The molecule has 0 saturated carbocycles. The number of rotatable bonds is 6. The zero-order chi connectivity index (χ0) is 13.8. The third kappa shape index (κ3) is 4.69. The molecule has 2 aliphatic rings. The normalized spacial score (nSPS) is 17.1. The fourth-order valence-electron chi connectivity index (χ4n) is 3.36. The third-order valence-electron chi connectivity index (χ3n) is 4.38. The zero-order valence-corrected chi connectivity index (χ0v) is 18.8. The molecule has 2 aliphatic carbocycles. The summed E-state index contributed by atoms with van der Waals surface area (Å²) < 4.78 is 3.79. The van der Waals surface area contributed by atoms with Crippen LogP contribution < -0.4 is 24.8 Å². The zero-order valence-electron chi connectivity index (χ0n) is 13.7. The topological polar surface area (TPSA) is 0 Å². The van der Waals surface area contributed by atoms with Crippen LogP contribution in [0.1, 0.15) is 66.2 Å². The number of hydrogen-bond donors (Lipinski definition) is 0. The predicted octanol–water partition coefficient (Wildman–Crippen LogP) is -0.115. The van der Waals surface area contributed by atoms with E-state index in [1.807, 2.05) is 6.66 Å². The Morgan fingerprint density at radius 3 is 1.38 bits per heavy atom. The summed E-state index contributed by atoms with van der Waals surface area (Å²) in [4.78, 5) is 0. The second-order valence-corrected chi connectivity index (χ2v) is 10.6. The summed E-state index contributed by atoms with van der Waals surface area (Å²) in [5.41, 5.74) is 6.81. The molecular formula is C18H26Cl2Hf. The van der Waals surface area contributed by atoms with Gasteiger partial charge in [-0.2, -0.15) is 0 Å². The Labute approximate surface area is 154 Å². The second-order valence-electron chi connectivity index (χ2n) is 5.32. The van der Waals surface area contributed by atoms with Crippen LogP contribution >= 0.6 is 0 Å². The van der Waals surface area contributed by atoms with E-state index in [0.717, 1.165) is 0 Å². The van der Waals surface area contributed by atoms with Gasteiger partial charge in [-0.1, -0.05) is 0 Å². The van der Waals surface area contributed by atoms with Crippen molar-refractivity contribution < 1.29 is 47.7 Å². The van der Waals surface area contributed by atoms with Crippen molar-refractivity contribution in [1.29, 1.82) is 0 Å². The summed E-state index contributed by atoms with van der Waals surface area (Å²) in [6.45, 7) is 9.29. The molecule has 3 heteroatoms. The van der Waals surface area contributed by atoms with Gasteiger partial charge in [0.2, 0.25) is 0 Å². The minimum Gasteiger partial charge on any atom is -1.00 e. The van der Waals surface area contributed by atoms with Gasteiger partial charge < -0.3 is 24.8 Å². The monoisotopic (exact) mass is 492 g/mol. The van der Waals surface area contributed by atoms with Crippen molar-refractivity contribution in [3.63, 3.8) is 0 Å². The van der Waals surface area contributed by atoms with Crippen LogP contribution in [0.5, 0.6) is 0 Å². The van der Waals surface area contributed by atoms with E-state index in [1.54, 1.807) is 22.3 Å². The molecule has 21 heavy (non-hydrogen) atoms. The maximum absolute atomic E-state index is 2.51. The molecule has 0 nitrogen and oxygen atoms in total. The fraction of sp³-hybridized carbons (Fsp3) is 0.556. The number of allylic oxidation sites excluding steroid dienone is 8. The molecule has 0 unspecified atom stereocenters. The minimum absolute atomic E-state index is 0. The van der Waals surface area contributed by atoms with Crippen LogP contribution in [0, 0.1) is 0 Å². The molecular weight excluding hydrogens is 466 g/mol. The molecule has 2 rings (SSSR count). The standard InChI is InChI=1S/2C9H13.2ClH.Hf/c2*1-3-8-6-5-7-9(8)4-2;;;/h2*6H,3-5H2,1-2H3;2*1H;/q;;;;+2/p-2. The Kier molecular flexibility index (Phi) is 10.4. The molecule has 0 aromatic carbocycles. The predicted molar refractivity (Wildman–Crippen MR) is 80.6 cm³/mol. The summed E-state index contributed by atoms with van der Waals surface area (Å²) in [6, 6.07) is 0. The second kappa shape index (κ2) is 10.2. The van der Waals surface area contributed by atoms with Crippen LogP contribution in [0.2, 0.25) is 0 Å². The van der Waals surface area contributed by atoms with Crippen molar-refractivity contribution >= 4 is 0 Å². The average molecular weight is 492 g/mol. The van der Waals surface area contributed by atoms with Crippen molar-refractivity contribution in [2.24, 2.45) is 0 Å². The quantitative estimate of drug-likeness (QED) is 0.455. The van der Waals surface area contributed by atoms with Crippen molar-refractivity contribution in [3.05, 3.63) is 41.1 Å². The molecule has 0 amide bonds. The first-order chi connectivity index (χ1) is 9.24. The first-order valence-electron chi connectivity index (χ1n) is 7.84. The largest absolute Gasteiger partial charge is 1.00 e. The molecule has 0 bridgehead atoms. The van der Waals surface area contributed by atoms with Crippen molar-refractivity contribution in [2.75, 3.05) is 0 Å². The Morgan fingerprint density at radius 2 is 1.10 bits per heavy atom. The van der Waals surface area contributed by atoms with Gasteiger partial charge in [0.25, 0.3) is 0 Å². The summed E-state index contributed by atoms with van der Waals surface area (Å²) in [5, 5.41) is 0. The Bertz CT molecular complexity index is 437. The molecule has 0 N–H and O–H groups in total. The molecule has 0 aliphatic heterocycles. The van der Waals surface area contributed by atoms with E-state index in [0.29, 0.717) is 0 Å². The van der Waals surface area contributed by atoms with Gasteiger partial charge in [-0.25, -0.2) is 0 Å². The third-order valence-corrected chi connectivity index (χ3v) is 10.2. The van der Waals surface area contributed by atoms with E-state index in [2.05, 4.69) is 39.8 Å². The Balaban J connectivity index is 0.00000200. The van der Waals surface area contributed by atoms with Crippen molar-refractivity contribution in [2.45, 2.75) is 66.2 Å². The van der Waals surface area contributed by atoms with Gasteiger partial charge in [-0.15, -0.1) is 0 Å². The van der Waals surface area contributed by atoms with Gasteiger partial charge in [0.1, 0.15) is 0 Å². The molecule has 0 saturated heterocycles. The van der Waals surface area contributed by atoms with E-state index >= 15 is 0 Å². The fourth-order valence-corrected chi connectivity index (χ4v) is 9.65. The maximum atomic E-state index is 2.51. The van der Waals surface area contributed by atoms with Gasteiger partial charge in [0, 0.05) is 0 Å². The van der Waals surface area contributed by atoms with Gasteiger partial charge in [-0.3, -0.25) is 0 Å². The van der Waals surface area contributed by atoms with E-state index in [4.69, 9.17) is 0 Å². The van der Waals surface area contributed by atoms with Crippen LogP contribution in [0.15, 0.2) is 41.1 Å². The molecule has 0 atom stereocenters. The average Bonchev–Trinajstić information content (AvgIpc) is 3.01. The molecule has 0 aromatic rings. The van der Waals surface area contributed by atoms with Crippen LogP contribution in [0.3, 0.4) is 0 Å². The van der Waals surface area contributed by atoms with Crippen LogP contribution in [0.4, 0.5) is 0 Å². The van der Waals surface area contributed by atoms with Gasteiger partial charge in [0.05, 0.1) is 0 Å². The van der Waals surface area contributed by atoms with E-state index in [-0.39, 0.29) is 24.8 Å². The smallest absolute Gasteiger partial charge is 1.00 e. The van der Waals surface area contributed by atoms with E-state index < -0.39 is 22.9 Å². The summed E-state index contributed by atoms with van der Waals surface area (Å²) in [6.07, 6.45) is 12.6.